The van der Waals surface area contributed by atoms with Gasteiger partial charge >= 0.3 is 0 Å². The van der Waals surface area contributed by atoms with Crippen molar-refractivity contribution >= 4 is 27.5 Å². The largest absolute Gasteiger partial charge is 0.392 e. The average molecular weight is 271 g/mol. The molecule has 2 rings (SSSR count). The van der Waals surface area contributed by atoms with E-state index in [2.05, 4.69) is 31.3 Å². The summed E-state index contributed by atoms with van der Waals surface area (Å²) in [4.78, 5) is 4.23. The van der Waals surface area contributed by atoms with Crippen molar-refractivity contribution in [2.24, 2.45) is 0 Å². The monoisotopic (exact) mass is 270 g/mol. The average Bonchev–Trinajstić information content (AvgIpc) is 2.56. The van der Waals surface area contributed by atoms with Crippen molar-refractivity contribution in [1.29, 1.82) is 0 Å². The first-order chi connectivity index (χ1) is 7.15. The number of hydrogen-bond donors (Lipinski definition) is 2. The molecule has 1 unspecified atom stereocenters. The zero-order chi connectivity index (χ0) is 10.8. The molecule has 0 amide bonds. The van der Waals surface area contributed by atoms with Crippen LogP contribution in [0, 0.1) is 0 Å². The van der Waals surface area contributed by atoms with Crippen LogP contribution in [0.4, 0.5) is 5.95 Å². The lowest BCUT2D eigenvalue weighted by atomic mass is 10.4. The van der Waals surface area contributed by atoms with Gasteiger partial charge in [0.15, 0.2) is 5.65 Å². The van der Waals surface area contributed by atoms with Gasteiger partial charge in [-0.25, -0.2) is 4.52 Å². The Kier molecular flexibility index (Phi) is 2.88. The van der Waals surface area contributed by atoms with E-state index in [-0.39, 0.29) is 0 Å². The van der Waals surface area contributed by atoms with Crippen LogP contribution in [0.2, 0.25) is 0 Å². The number of aliphatic hydroxyl groups excluding tert-OH is 1. The number of anilines is 1. The Morgan fingerprint density at radius 2 is 2.40 bits per heavy atom. The minimum Gasteiger partial charge on any atom is -0.392 e. The fourth-order valence-electron chi connectivity index (χ4n) is 1.17. The van der Waals surface area contributed by atoms with Crippen LogP contribution in [0.3, 0.4) is 0 Å². The maximum absolute atomic E-state index is 9.10. The lowest BCUT2D eigenvalue weighted by Gasteiger charge is -2.02. The summed E-state index contributed by atoms with van der Waals surface area (Å²) in [7, 11) is 0. The molecule has 0 aliphatic rings. The van der Waals surface area contributed by atoms with Crippen LogP contribution >= 0.6 is 15.9 Å². The molecule has 0 fully saturated rings. The molecule has 15 heavy (non-hydrogen) atoms. The molecule has 0 saturated heterocycles. The number of aromatic nitrogens is 3. The molecule has 0 spiro atoms. The van der Waals surface area contributed by atoms with E-state index < -0.39 is 6.10 Å². The third-order valence-corrected chi connectivity index (χ3v) is 2.32. The Morgan fingerprint density at radius 1 is 1.60 bits per heavy atom. The van der Waals surface area contributed by atoms with Crippen molar-refractivity contribution in [3.8, 4) is 0 Å². The van der Waals surface area contributed by atoms with Gasteiger partial charge in [-0.3, -0.25) is 0 Å². The summed E-state index contributed by atoms with van der Waals surface area (Å²) in [6, 6.07) is 3.77. The zero-order valence-electron chi connectivity index (χ0n) is 8.18. The third-order valence-electron chi connectivity index (χ3n) is 1.85. The van der Waals surface area contributed by atoms with Crippen molar-refractivity contribution in [3.63, 3.8) is 0 Å². The van der Waals surface area contributed by atoms with Gasteiger partial charge in [0.2, 0.25) is 5.95 Å². The topological polar surface area (TPSA) is 62.5 Å². The molecule has 0 aromatic carbocycles. The summed E-state index contributed by atoms with van der Waals surface area (Å²) >= 11 is 3.35. The highest BCUT2D eigenvalue weighted by Gasteiger charge is 2.03. The van der Waals surface area contributed by atoms with Crippen molar-refractivity contribution in [2.45, 2.75) is 13.0 Å². The quantitative estimate of drug-likeness (QED) is 0.882. The molecule has 0 aliphatic heterocycles. The predicted octanol–water partition coefficient (Wildman–Crippen LogP) is 1.28. The maximum atomic E-state index is 9.10. The maximum Gasteiger partial charge on any atom is 0.243 e. The summed E-state index contributed by atoms with van der Waals surface area (Å²) in [6.45, 7) is 2.15. The first-order valence-electron chi connectivity index (χ1n) is 4.59. The molecule has 2 heterocycles. The SMILES string of the molecule is CC(O)CNc1nc2ccc(Br)cn2n1. The van der Waals surface area contributed by atoms with Crippen LogP contribution in [-0.2, 0) is 0 Å². The van der Waals surface area contributed by atoms with E-state index in [9.17, 15) is 0 Å². The number of nitrogens with zero attached hydrogens (tertiary/aromatic N) is 3. The van der Waals surface area contributed by atoms with Gasteiger partial charge in [0.05, 0.1) is 6.10 Å². The molecule has 0 aliphatic carbocycles. The van der Waals surface area contributed by atoms with Crippen LogP contribution in [0.15, 0.2) is 22.8 Å². The number of aliphatic hydroxyl groups is 1. The van der Waals surface area contributed by atoms with Crippen molar-refractivity contribution in [3.05, 3.63) is 22.8 Å². The summed E-state index contributed by atoms with van der Waals surface area (Å²) in [5.41, 5.74) is 0.770. The fraction of sp³-hybridized carbons (Fsp3) is 0.333. The number of hydrogen-bond acceptors (Lipinski definition) is 4. The third kappa shape index (κ3) is 2.45. The molecule has 1 atom stereocenters. The lowest BCUT2D eigenvalue weighted by molar-refractivity contribution is 0.208. The highest BCUT2D eigenvalue weighted by Crippen LogP contribution is 2.11. The molecule has 6 heteroatoms. The van der Waals surface area contributed by atoms with Crippen molar-refractivity contribution < 1.29 is 5.11 Å². The van der Waals surface area contributed by atoms with Gasteiger partial charge in [0.25, 0.3) is 0 Å². The van der Waals surface area contributed by atoms with E-state index in [1.807, 2.05) is 18.3 Å². The zero-order valence-corrected chi connectivity index (χ0v) is 9.77. The Labute approximate surface area is 95.3 Å². The molecule has 5 nitrogen and oxygen atoms in total. The molecule has 2 N–H and O–H groups in total. The molecule has 0 saturated carbocycles. The number of fused-ring (bicyclic) bond motifs is 1. The lowest BCUT2D eigenvalue weighted by Crippen LogP contribution is -2.16. The second-order valence-corrected chi connectivity index (χ2v) is 4.23. The van der Waals surface area contributed by atoms with Crippen molar-refractivity contribution in [1.82, 2.24) is 14.6 Å². The number of nitrogens with one attached hydrogen (secondary N) is 1. The van der Waals surface area contributed by atoms with E-state index in [0.717, 1.165) is 10.1 Å². The second-order valence-electron chi connectivity index (χ2n) is 3.32. The molecule has 0 bridgehead atoms. The molecule has 2 aromatic heterocycles. The second kappa shape index (κ2) is 4.16. The van der Waals surface area contributed by atoms with Gasteiger partial charge in [-0.1, -0.05) is 0 Å². The van der Waals surface area contributed by atoms with E-state index in [0.29, 0.717) is 12.5 Å². The molecule has 80 valence electrons. The Bertz CT molecular complexity index is 468. The summed E-state index contributed by atoms with van der Waals surface area (Å²) in [5.74, 6) is 0.522. The fourth-order valence-corrected chi connectivity index (χ4v) is 1.50. The summed E-state index contributed by atoms with van der Waals surface area (Å²) in [6.07, 6.45) is 1.42. The number of rotatable bonds is 3. The van der Waals surface area contributed by atoms with Crippen LogP contribution in [0.25, 0.3) is 5.65 Å². The Morgan fingerprint density at radius 3 is 3.13 bits per heavy atom. The van der Waals surface area contributed by atoms with E-state index >= 15 is 0 Å². The first-order valence-corrected chi connectivity index (χ1v) is 5.38. The first kappa shape index (κ1) is 10.4. The van der Waals surface area contributed by atoms with Crippen LogP contribution < -0.4 is 5.32 Å². The van der Waals surface area contributed by atoms with Crippen LogP contribution in [0.1, 0.15) is 6.92 Å². The Hall–Kier alpha value is -1.14. The normalized spacial score (nSPS) is 13.0. The standard InChI is InChI=1S/C9H11BrN4O/c1-6(15)4-11-9-12-8-3-2-7(10)5-14(8)13-9/h2-3,5-6,15H,4H2,1H3,(H,11,13). The predicted molar refractivity (Wildman–Crippen MR) is 60.9 cm³/mol. The smallest absolute Gasteiger partial charge is 0.243 e. The van der Waals surface area contributed by atoms with Gasteiger partial charge in [-0.15, -0.1) is 5.10 Å². The minimum absolute atomic E-state index is 0.414. The highest BCUT2D eigenvalue weighted by molar-refractivity contribution is 9.10. The van der Waals surface area contributed by atoms with Crippen molar-refractivity contribution in [2.75, 3.05) is 11.9 Å². The van der Waals surface area contributed by atoms with Gasteiger partial charge in [0, 0.05) is 17.2 Å². The molecule has 2 aromatic rings. The van der Waals surface area contributed by atoms with Gasteiger partial charge < -0.3 is 10.4 Å². The van der Waals surface area contributed by atoms with Gasteiger partial charge in [0.1, 0.15) is 0 Å². The number of halogens is 1. The van der Waals surface area contributed by atoms with Gasteiger partial charge in [-0.2, -0.15) is 4.98 Å². The summed E-state index contributed by atoms with van der Waals surface area (Å²) in [5, 5.41) is 16.2. The number of pyridine rings is 1. The molecular formula is C9H11BrN4O. The van der Waals surface area contributed by atoms with E-state index in [4.69, 9.17) is 5.11 Å². The Balaban J connectivity index is 2.23. The van der Waals surface area contributed by atoms with Crippen LogP contribution in [0.5, 0.6) is 0 Å². The van der Waals surface area contributed by atoms with E-state index in [1.54, 1.807) is 11.4 Å². The highest BCUT2D eigenvalue weighted by atomic mass is 79.9. The van der Waals surface area contributed by atoms with Crippen LogP contribution in [-0.4, -0.2) is 32.4 Å². The minimum atomic E-state index is -0.414. The molecular weight excluding hydrogens is 260 g/mol. The van der Waals surface area contributed by atoms with E-state index in [1.165, 1.54) is 0 Å². The molecule has 0 radical (unpaired) electrons. The summed E-state index contributed by atoms with van der Waals surface area (Å²) < 4.78 is 2.62. The van der Waals surface area contributed by atoms with Gasteiger partial charge in [-0.05, 0) is 35.0 Å².